The minimum Gasteiger partial charge on any atom is -0.390 e. The van der Waals surface area contributed by atoms with Crippen molar-refractivity contribution < 1.29 is 23.9 Å². The number of amides is 1. The first kappa shape index (κ1) is 25.6. The molecule has 0 bridgehead atoms. The lowest BCUT2D eigenvalue weighted by atomic mass is 9.89. The number of hydrogen-bond donors (Lipinski definition) is 3. The molecule has 184 valence electrons. The molecule has 33 heavy (non-hydrogen) atoms. The smallest absolute Gasteiger partial charge is 0.346 e. The summed E-state index contributed by atoms with van der Waals surface area (Å²) in [6.07, 6.45) is 2.09. The largest absolute Gasteiger partial charge is 0.390 e. The summed E-state index contributed by atoms with van der Waals surface area (Å²) in [5, 5.41) is 13.9. The van der Waals surface area contributed by atoms with Crippen LogP contribution in [0.5, 0.6) is 0 Å². The second-order valence-electron chi connectivity index (χ2n) is 9.52. The highest BCUT2D eigenvalue weighted by molar-refractivity contribution is 5.92. The number of aliphatic hydroxyl groups is 1. The number of aliphatic hydroxyl groups excluding tert-OH is 1. The molecule has 0 saturated carbocycles. The summed E-state index contributed by atoms with van der Waals surface area (Å²) in [5.41, 5.74) is 2.00. The molecule has 8 heteroatoms. The Kier molecular flexibility index (Phi) is 9.67. The van der Waals surface area contributed by atoms with Gasteiger partial charge in [-0.3, -0.25) is 4.79 Å². The van der Waals surface area contributed by atoms with E-state index in [-0.39, 0.29) is 17.9 Å². The fraction of sp³-hybridized carbons (Fsp3) is 0.680. The Balaban J connectivity index is 1.88. The van der Waals surface area contributed by atoms with Crippen LogP contribution in [0.4, 0.5) is 0 Å². The van der Waals surface area contributed by atoms with Crippen LogP contribution in [0.15, 0.2) is 24.3 Å². The average molecular weight is 462 g/mol. The van der Waals surface area contributed by atoms with E-state index in [2.05, 4.69) is 34.8 Å². The molecule has 1 aliphatic heterocycles. The number of rotatable bonds is 12. The number of H-pyrrole nitrogens is 1. The second kappa shape index (κ2) is 12.5. The maximum atomic E-state index is 14.0. The molecular weight excluding hydrogens is 420 g/mol. The first-order chi connectivity index (χ1) is 16.0. The van der Waals surface area contributed by atoms with Gasteiger partial charge in [-0.2, -0.15) is 0 Å². The number of carbonyl (C=O) groups is 1. The van der Waals surface area contributed by atoms with Crippen LogP contribution in [-0.4, -0.2) is 80.1 Å². The predicted molar refractivity (Wildman–Crippen MR) is 128 cm³/mol. The predicted octanol–water partition coefficient (Wildman–Crippen LogP) is 1.97. The lowest BCUT2D eigenvalue weighted by Gasteiger charge is -2.39. The van der Waals surface area contributed by atoms with Crippen molar-refractivity contribution in [3.05, 3.63) is 30.1 Å². The molecule has 0 spiro atoms. The summed E-state index contributed by atoms with van der Waals surface area (Å²) in [7, 11) is 3.32. The topological polar surface area (TPSA) is 90.7 Å². The Morgan fingerprint density at radius 2 is 2.00 bits per heavy atom. The van der Waals surface area contributed by atoms with Crippen LogP contribution in [0.25, 0.3) is 11.0 Å². The Labute approximate surface area is 197 Å². The van der Waals surface area contributed by atoms with Gasteiger partial charge in [-0.25, -0.2) is 9.55 Å². The van der Waals surface area contributed by atoms with Gasteiger partial charge in [0, 0.05) is 52.4 Å². The van der Waals surface area contributed by atoms with Crippen LogP contribution in [0.3, 0.4) is 0 Å². The van der Waals surface area contributed by atoms with E-state index in [4.69, 9.17) is 9.47 Å². The summed E-state index contributed by atoms with van der Waals surface area (Å²) >= 11 is 0. The van der Waals surface area contributed by atoms with Gasteiger partial charge in [0.05, 0.1) is 19.3 Å². The first-order valence-corrected chi connectivity index (χ1v) is 12.1. The van der Waals surface area contributed by atoms with Gasteiger partial charge in [-0.15, -0.1) is 0 Å². The number of nitrogens with one attached hydrogen (secondary N) is 2. The lowest BCUT2D eigenvalue weighted by molar-refractivity contribution is -0.674. The minimum absolute atomic E-state index is 0.0125. The van der Waals surface area contributed by atoms with Crippen LogP contribution in [0.2, 0.25) is 0 Å². The van der Waals surface area contributed by atoms with Crippen molar-refractivity contribution in [3.8, 4) is 0 Å². The minimum atomic E-state index is -0.542. The van der Waals surface area contributed by atoms with E-state index in [1.807, 2.05) is 23.1 Å². The number of para-hydroxylation sites is 2. The van der Waals surface area contributed by atoms with Crippen molar-refractivity contribution >= 4 is 16.9 Å². The molecule has 1 amide bonds. The van der Waals surface area contributed by atoms with Gasteiger partial charge < -0.3 is 24.8 Å². The van der Waals surface area contributed by atoms with E-state index in [0.717, 1.165) is 49.9 Å². The van der Waals surface area contributed by atoms with Crippen molar-refractivity contribution in [1.29, 1.82) is 0 Å². The maximum absolute atomic E-state index is 14.0. The van der Waals surface area contributed by atoms with E-state index in [1.165, 1.54) is 0 Å². The first-order valence-electron chi connectivity index (χ1n) is 12.1. The molecule has 2 aromatic rings. The standard InChI is InChI=1S/C25H40N4O4/c1-18(2)16-29(20-13-19(14-26-15-20)23(30)17-33-4)25(31)24-27-21-9-5-6-10-22(21)28(24)11-7-8-12-32-3/h5-6,9-10,18-20,23,26,30H,7-8,11-17H2,1-4H3/p+1/t19-,20+,23-/m1/s1. The molecule has 3 N–H and O–H groups in total. The van der Waals surface area contributed by atoms with Gasteiger partial charge in [0.25, 0.3) is 0 Å². The number of unbranched alkanes of at least 4 members (excludes halogenated alkanes) is 1. The number of aromatic nitrogens is 2. The molecule has 0 unspecified atom stereocenters. The van der Waals surface area contributed by atoms with Gasteiger partial charge in [-0.1, -0.05) is 26.0 Å². The average Bonchev–Trinajstić information content (AvgIpc) is 3.18. The zero-order valence-electron chi connectivity index (χ0n) is 20.5. The molecule has 1 aliphatic rings. The number of benzene rings is 1. The Bertz CT molecular complexity index is 884. The van der Waals surface area contributed by atoms with E-state index >= 15 is 0 Å². The SMILES string of the molecule is COCCCC[n+]1c(C(=O)N(CC(C)C)[C@@H]2CNC[C@H]([C@H](O)COC)C2)[nH]c2ccccc21. The number of carbonyl (C=O) groups excluding carboxylic acids is 1. The van der Waals surface area contributed by atoms with Crippen LogP contribution in [0.1, 0.15) is 43.7 Å². The summed E-state index contributed by atoms with van der Waals surface area (Å²) in [6.45, 7) is 8.17. The highest BCUT2D eigenvalue weighted by Gasteiger charge is 2.37. The molecule has 1 saturated heterocycles. The molecular formula is C25H41N4O4+. The van der Waals surface area contributed by atoms with Crippen molar-refractivity contribution in [2.24, 2.45) is 11.8 Å². The third kappa shape index (κ3) is 6.53. The molecule has 1 fully saturated rings. The van der Waals surface area contributed by atoms with Crippen molar-refractivity contribution in [1.82, 2.24) is 15.2 Å². The number of methoxy groups -OCH3 is 2. The number of fused-ring (bicyclic) bond motifs is 1. The summed E-state index contributed by atoms with van der Waals surface area (Å²) in [4.78, 5) is 19.4. The number of piperidine rings is 1. The molecule has 2 heterocycles. The lowest BCUT2D eigenvalue weighted by Crippen LogP contribution is -2.56. The molecule has 1 aromatic heterocycles. The third-order valence-corrected chi connectivity index (χ3v) is 6.41. The van der Waals surface area contributed by atoms with Crippen LogP contribution >= 0.6 is 0 Å². The van der Waals surface area contributed by atoms with Gasteiger partial charge in [0.1, 0.15) is 0 Å². The molecule has 1 aromatic carbocycles. The normalized spacial score (nSPS) is 19.8. The number of aromatic amines is 1. The van der Waals surface area contributed by atoms with Crippen molar-refractivity contribution in [2.45, 2.75) is 51.8 Å². The Hall–Kier alpha value is -2.00. The van der Waals surface area contributed by atoms with E-state index in [1.54, 1.807) is 14.2 Å². The third-order valence-electron chi connectivity index (χ3n) is 6.41. The summed E-state index contributed by atoms with van der Waals surface area (Å²) in [6, 6.07) is 8.09. The zero-order chi connectivity index (χ0) is 23.8. The van der Waals surface area contributed by atoms with Crippen molar-refractivity contribution in [3.63, 3.8) is 0 Å². The fourth-order valence-electron chi connectivity index (χ4n) is 4.76. The highest BCUT2D eigenvalue weighted by atomic mass is 16.5. The number of imidazole rings is 1. The van der Waals surface area contributed by atoms with E-state index in [0.29, 0.717) is 31.5 Å². The van der Waals surface area contributed by atoms with Crippen LogP contribution in [-0.2, 0) is 16.0 Å². The monoisotopic (exact) mass is 461 g/mol. The number of aryl methyl sites for hydroxylation is 1. The molecule has 3 rings (SSSR count). The number of ether oxygens (including phenoxy) is 2. The van der Waals surface area contributed by atoms with E-state index in [9.17, 15) is 9.90 Å². The summed E-state index contributed by atoms with van der Waals surface area (Å²) < 4.78 is 12.5. The number of hydrogen-bond acceptors (Lipinski definition) is 5. The molecule has 3 atom stereocenters. The maximum Gasteiger partial charge on any atom is 0.346 e. The molecule has 0 radical (unpaired) electrons. The Morgan fingerprint density at radius 3 is 2.73 bits per heavy atom. The van der Waals surface area contributed by atoms with Crippen LogP contribution in [0, 0.1) is 11.8 Å². The van der Waals surface area contributed by atoms with Gasteiger partial charge >= 0.3 is 11.7 Å². The van der Waals surface area contributed by atoms with Crippen molar-refractivity contribution in [2.75, 3.05) is 47.1 Å². The highest BCUT2D eigenvalue weighted by Crippen LogP contribution is 2.22. The molecule has 0 aliphatic carbocycles. The summed E-state index contributed by atoms with van der Waals surface area (Å²) in [5.74, 6) is 1.02. The second-order valence-corrected chi connectivity index (χ2v) is 9.52. The quantitative estimate of drug-likeness (QED) is 0.332. The van der Waals surface area contributed by atoms with Gasteiger partial charge in [0.15, 0.2) is 11.0 Å². The van der Waals surface area contributed by atoms with Gasteiger partial charge in [0.2, 0.25) is 0 Å². The van der Waals surface area contributed by atoms with Crippen LogP contribution < -0.4 is 9.88 Å². The molecule has 8 nitrogen and oxygen atoms in total. The fourth-order valence-corrected chi connectivity index (χ4v) is 4.76. The number of nitrogens with zero attached hydrogens (tertiary/aromatic N) is 2. The van der Waals surface area contributed by atoms with E-state index < -0.39 is 6.10 Å². The Morgan fingerprint density at radius 1 is 1.21 bits per heavy atom. The zero-order valence-corrected chi connectivity index (χ0v) is 20.5. The van der Waals surface area contributed by atoms with Gasteiger partial charge in [-0.05, 0) is 37.3 Å².